The Labute approximate surface area is 145 Å². The molecular weight excluding hydrogens is 354 g/mol. The normalized spacial score (nSPS) is 11.2. The molecule has 1 N–H and O–H groups in total. The van der Waals surface area contributed by atoms with Crippen molar-refractivity contribution >= 4 is 39.1 Å². The number of carbonyl (C=O) groups excluding carboxylic acids is 1. The number of rotatable bonds is 7. The quantitative estimate of drug-likeness (QED) is 0.602. The first-order chi connectivity index (χ1) is 11.0. The molecule has 7 heteroatoms. The fraction of sp³-hybridized carbons (Fsp3) is 0.188. The van der Waals surface area contributed by atoms with E-state index in [9.17, 15) is 13.2 Å². The van der Waals surface area contributed by atoms with Crippen LogP contribution in [0.1, 0.15) is 0 Å². The van der Waals surface area contributed by atoms with Crippen LogP contribution in [0, 0.1) is 0 Å². The summed E-state index contributed by atoms with van der Waals surface area (Å²) in [5, 5.41) is 3.08. The Kier molecular flexibility index (Phi) is 6.50. The molecule has 0 fully saturated rings. The predicted octanol–water partition coefficient (Wildman–Crippen LogP) is 3.02. The molecule has 0 aliphatic rings. The standard InChI is InChI=1S/C16H16ClNO3S2/c17-13-6-8-15(9-7-13)23(20,21)12-16(19)18-10-11-22-14-4-2-1-3-5-14/h1-9H,10-12H2,(H,18,19). The van der Waals surface area contributed by atoms with Gasteiger partial charge in [-0.15, -0.1) is 11.8 Å². The Balaban J connectivity index is 1.79. The lowest BCUT2D eigenvalue weighted by molar-refractivity contribution is -0.118. The molecule has 0 radical (unpaired) electrons. The fourth-order valence-corrected chi connectivity index (χ4v) is 3.90. The molecular formula is C16H16ClNO3S2. The van der Waals surface area contributed by atoms with Crippen LogP contribution in [0.4, 0.5) is 0 Å². The number of hydrogen-bond acceptors (Lipinski definition) is 4. The molecule has 0 heterocycles. The first-order valence-corrected chi connectivity index (χ1v) is 9.92. The van der Waals surface area contributed by atoms with Gasteiger partial charge in [-0.1, -0.05) is 29.8 Å². The minimum Gasteiger partial charge on any atom is -0.354 e. The Bertz CT molecular complexity index is 747. The van der Waals surface area contributed by atoms with E-state index < -0.39 is 21.5 Å². The van der Waals surface area contributed by atoms with E-state index >= 15 is 0 Å². The van der Waals surface area contributed by atoms with Crippen LogP contribution in [0.3, 0.4) is 0 Å². The van der Waals surface area contributed by atoms with Crippen molar-refractivity contribution in [3.05, 3.63) is 59.6 Å². The van der Waals surface area contributed by atoms with Crippen molar-refractivity contribution in [3.63, 3.8) is 0 Å². The van der Waals surface area contributed by atoms with Crippen molar-refractivity contribution in [2.24, 2.45) is 0 Å². The van der Waals surface area contributed by atoms with Crippen LogP contribution in [-0.4, -0.2) is 32.4 Å². The highest BCUT2D eigenvalue weighted by molar-refractivity contribution is 7.99. The highest BCUT2D eigenvalue weighted by Gasteiger charge is 2.18. The molecule has 0 aliphatic carbocycles. The van der Waals surface area contributed by atoms with Crippen LogP contribution in [0.25, 0.3) is 0 Å². The molecule has 4 nitrogen and oxygen atoms in total. The van der Waals surface area contributed by atoms with E-state index in [4.69, 9.17) is 11.6 Å². The van der Waals surface area contributed by atoms with Gasteiger partial charge in [0, 0.05) is 22.2 Å². The Morgan fingerprint density at radius 3 is 2.35 bits per heavy atom. The molecule has 0 saturated carbocycles. The predicted molar refractivity (Wildman–Crippen MR) is 93.7 cm³/mol. The van der Waals surface area contributed by atoms with E-state index in [1.54, 1.807) is 11.8 Å². The molecule has 0 unspecified atom stereocenters. The van der Waals surface area contributed by atoms with Gasteiger partial charge < -0.3 is 5.32 Å². The smallest absolute Gasteiger partial charge is 0.235 e. The number of halogens is 1. The third kappa shape index (κ3) is 5.89. The maximum Gasteiger partial charge on any atom is 0.235 e. The number of thioether (sulfide) groups is 1. The maximum atomic E-state index is 12.1. The summed E-state index contributed by atoms with van der Waals surface area (Å²) >= 11 is 7.33. The van der Waals surface area contributed by atoms with Gasteiger partial charge in [0.1, 0.15) is 5.75 Å². The van der Waals surface area contributed by atoms with Crippen LogP contribution in [0.2, 0.25) is 5.02 Å². The van der Waals surface area contributed by atoms with Crippen molar-refractivity contribution in [1.82, 2.24) is 5.32 Å². The first kappa shape index (κ1) is 17.8. The third-order valence-corrected chi connectivity index (χ3v) is 5.83. The number of amides is 1. The number of carbonyl (C=O) groups is 1. The third-order valence-electron chi connectivity index (χ3n) is 2.93. The summed E-state index contributed by atoms with van der Waals surface area (Å²) in [5.41, 5.74) is 0. The summed E-state index contributed by atoms with van der Waals surface area (Å²) in [5.74, 6) is -0.393. The van der Waals surface area contributed by atoms with Crippen molar-refractivity contribution in [1.29, 1.82) is 0 Å². The zero-order valence-electron chi connectivity index (χ0n) is 12.2. The van der Waals surface area contributed by atoms with Crippen LogP contribution >= 0.6 is 23.4 Å². The molecule has 0 aliphatic heterocycles. The highest BCUT2D eigenvalue weighted by atomic mass is 35.5. The van der Waals surface area contributed by atoms with E-state index in [1.165, 1.54) is 24.3 Å². The van der Waals surface area contributed by atoms with Crippen LogP contribution < -0.4 is 5.32 Å². The molecule has 0 spiro atoms. The van der Waals surface area contributed by atoms with Crippen LogP contribution in [-0.2, 0) is 14.6 Å². The van der Waals surface area contributed by atoms with Gasteiger partial charge in [0.25, 0.3) is 0 Å². The van der Waals surface area contributed by atoms with Gasteiger partial charge in [0.2, 0.25) is 5.91 Å². The van der Waals surface area contributed by atoms with E-state index in [1.807, 2.05) is 30.3 Å². The first-order valence-electron chi connectivity index (χ1n) is 6.90. The van der Waals surface area contributed by atoms with Crippen molar-refractivity contribution < 1.29 is 13.2 Å². The van der Waals surface area contributed by atoms with Crippen molar-refractivity contribution in [2.75, 3.05) is 18.1 Å². The van der Waals surface area contributed by atoms with Gasteiger partial charge in [-0.25, -0.2) is 8.42 Å². The Hall–Kier alpha value is -1.50. The van der Waals surface area contributed by atoms with Gasteiger partial charge in [-0.05, 0) is 36.4 Å². The number of sulfone groups is 1. The second-order valence-corrected chi connectivity index (χ2v) is 8.32. The lowest BCUT2D eigenvalue weighted by Crippen LogP contribution is -2.31. The zero-order chi connectivity index (χ0) is 16.7. The molecule has 0 bridgehead atoms. The topological polar surface area (TPSA) is 63.2 Å². The molecule has 0 atom stereocenters. The summed E-state index contributed by atoms with van der Waals surface area (Å²) in [4.78, 5) is 13.0. The largest absolute Gasteiger partial charge is 0.354 e. The van der Waals surface area contributed by atoms with E-state index in [0.29, 0.717) is 17.3 Å². The summed E-state index contributed by atoms with van der Waals surface area (Å²) in [6, 6.07) is 15.6. The molecule has 0 aromatic heterocycles. The highest BCUT2D eigenvalue weighted by Crippen LogP contribution is 2.16. The van der Waals surface area contributed by atoms with Crippen LogP contribution in [0.5, 0.6) is 0 Å². The minimum absolute atomic E-state index is 0.0933. The summed E-state index contributed by atoms with van der Waals surface area (Å²) in [6.45, 7) is 0.411. The Morgan fingerprint density at radius 1 is 1.04 bits per heavy atom. The van der Waals surface area contributed by atoms with Gasteiger partial charge in [0.05, 0.1) is 4.90 Å². The monoisotopic (exact) mass is 369 g/mol. The van der Waals surface area contributed by atoms with E-state index in [-0.39, 0.29) is 4.90 Å². The van der Waals surface area contributed by atoms with Gasteiger partial charge in [0.15, 0.2) is 9.84 Å². The molecule has 2 aromatic rings. The molecule has 0 saturated heterocycles. The second kappa shape index (κ2) is 8.38. The summed E-state index contributed by atoms with van der Waals surface area (Å²) < 4.78 is 24.2. The molecule has 122 valence electrons. The second-order valence-electron chi connectivity index (χ2n) is 4.72. The lowest BCUT2D eigenvalue weighted by Gasteiger charge is -2.07. The number of hydrogen-bond donors (Lipinski definition) is 1. The van der Waals surface area contributed by atoms with Crippen molar-refractivity contribution in [2.45, 2.75) is 9.79 Å². The lowest BCUT2D eigenvalue weighted by atomic mass is 10.4. The average Bonchev–Trinajstić information content (AvgIpc) is 2.52. The zero-order valence-corrected chi connectivity index (χ0v) is 14.6. The van der Waals surface area contributed by atoms with Gasteiger partial charge in [-0.2, -0.15) is 0 Å². The molecule has 1 amide bonds. The van der Waals surface area contributed by atoms with Crippen LogP contribution in [0.15, 0.2) is 64.4 Å². The SMILES string of the molecule is O=C(CS(=O)(=O)c1ccc(Cl)cc1)NCCSc1ccccc1. The number of benzene rings is 2. The number of nitrogens with one attached hydrogen (secondary N) is 1. The molecule has 2 rings (SSSR count). The van der Waals surface area contributed by atoms with Gasteiger partial charge in [-0.3, -0.25) is 4.79 Å². The minimum atomic E-state index is -3.64. The fourth-order valence-electron chi connectivity index (χ4n) is 1.82. The van der Waals surface area contributed by atoms with Gasteiger partial charge >= 0.3 is 0 Å². The van der Waals surface area contributed by atoms with E-state index in [2.05, 4.69) is 5.32 Å². The van der Waals surface area contributed by atoms with E-state index in [0.717, 1.165) is 4.90 Å². The molecule has 2 aromatic carbocycles. The maximum absolute atomic E-state index is 12.1. The van der Waals surface area contributed by atoms with Crippen molar-refractivity contribution in [3.8, 4) is 0 Å². The summed E-state index contributed by atoms with van der Waals surface area (Å²) in [7, 11) is -3.64. The average molecular weight is 370 g/mol. The Morgan fingerprint density at radius 2 is 1.70 bits per heavy atom. The molecule has 23 heavy (non-hydrogen) atoms. The summed E-state index contributed by atoms with van der Waals surface area (Å²) in [6.07, 6.45) is 0.